The fourth-order valence-corrected chi connectivity index (χ4v) is 0.407. The molecule has 0 aromatic rings. The molecular formula is C3H5NO3S. The molecule has 0 aliphatic heterocycles. The van der Waals surface area contributed by atoms with Crippen molar-refractivity contribution in [1.29, 1.82) is 0 Å². The average Bonchev–Trinajstić information content (AvgIpc) is 1.65. The lowest BCUT2D eigenvalue weighted by atomic mass is 10.6. The Balaban J connectivity index is 3.73. The minimum atomic E-state index is -2.82. The normalized spacial score (nSPS) is 8.62. The molecule has 4 nitrogen and oxygen atoms in total. The van der Waals surface area contributed by atoms with Crippen molar-refractivity contribution in [2.24, 2.45) is 0 Å². The molecular weight excluding hydrogens is 130 g/mol. The smallest absolute Gasteiger partial charge is 0.256 e. The van der Waals surface area contributed by atoms with E-state index in [1.807, 2.05) is 0 Å². The average molecular weight is 135 g/mol. The van der Waals surface area contributed by atoms with Gasteiger partial charge in [0, 0.05) is 0 Å². The van der Waals surface area contributed by atoms with Gasteiger partial charge in [0.25, 0.3) is 5.91 Å². The van der Waals surface area contributed by atoms with Gasteiger partial charge in [-0.3, -0.25) is 9.52 Å². The number of amides is 1. The van der Waals surface area contributed by atoms with Gasteiger partial charge in [0.2, 0.25) is 10.9 Å². The van der Waals surface area contributed by atoms with Gasteiger partial charge in [-0.25, -0.2) is 8.42 Å². The number of hydrogen-bond acceptors (Lipinski definition) is 3. The zero-order valence-corrected chi connectivity index (χ0v) is 4.85. The van der Waals surface area contributed by atoms with E-state index in [0.717, 1.165) is 6.08 Å². The second kappa shape index (κ2) is 3.20. The van der Waals surface area contributed by atoms with Crippen molar-refractivity contribution in [3.8, 4) is 0 Å². The number of carbonyl (C=O) groups excluding carboxylic acids is 1. The Bertz CT molecular complexity index is 163. The fourth-order valence-electron chi connectivity index (χ4n) is 0.136. The van der Waals surface area contributed by atoms with Gasteiger partial charge < -0.3 is 0 Å². The predicted octanol–water partition coefficient (Wildman–Crippen LogP) is -1.18. The summed E-state index contributed by atoms with van der Waals surface area (Å²) in [6.45, 7) is 3.03. The molecule has 0 aromatic carbocycles. The van der Waals surface area contributed by atoms with E-state index < -0.39 is 16.8 Å². The van der Waals surface area contributed by atoms with E-state index in [4.69, 9.17) is 0 Å². The molecule has 1 N–H and O–H groups in total. The molecule has 0 unspecified atom stereocenters. The summed E-state index contributed by atoms with van der Waals surface area (Å²) in [7, 11) is -2.82. The van der Waals surface area contributed by atoms with Gasteiger partial charge in [-0.15, -0.1) is 0 Å². The first-order valence-electron chi connectivity index (χ1n) is 1.74. The first-order valence-corrected chi connectivity index (χ1v) is 2.92. The first kappa shape index (κ1) is 7.16. The van der Waals surface area contributed by atoms with Crippen LogP contribution in [0.15, 0.2) is 12.7 Å². The molecule has 0 atom stereocenters. The zero-order chi connectivity index (χ0) is 6.57. The number of carbonyl (C=O) groups is 1. The van der Waals surface area contributed by atoms with E-state index in [1.54, 1.807) is 4.72 Å². The standard InChI is InChI=1S/C3H5NO3S/c1-2-3(5)4-8(6)7/h2,8H,1H2,(H,4,5,6,7). The number of thiol groups is 1. The Morgan fingerprint density at radius 3 is 2.25 bits per heavy atom. The maximum Gasteiger partial charge on any atom is 0.256 e. The third-order valence-electron chi connectivity index (χ3n) is 0.387. The van der Waals surface area contributed by atoms with Crippen molar-refractivity contribution >= 4 is 16.8 Å². The van der Waals surface area contributed by atoms with E-state index in [-0.39, 0.29) is 0 Å². The lowest BCUT2D eigenvalue weighted by Gasteiger charge is -1.83. The molecule has 0 heterocycles. The Kier molecular flexibility index (Phi) is 2.86. The molecule has 0 aromatic heterocycles. The first-order chi connectivity index (χ1) is 3.66. The highest BCUT2D eigenvalue weighted by Gasteiger charge is 1.88. The van der Waals surface area contributed by atoms with Gasteiger partial charge in [-0.1, -0.05) is 6.58 Å². The number of hydrogen-bond donors (Lipinski definition) is 2. The summed E-state index contributed by atoms with van der Waals surface area (Å²) in [4.78, 5) is 10.0. The van der Waals surface area contributed by atoms with Crippen LogP contribution in [0.2, 0.25) is 0 Å². The highest BCUT2D eigenvalue weighted by Crippen LogP contribution is 1.62. The lowest BCUT2D eigenvalue weighted by Crippen LogP contribution is -2.17. The Morgan fingerprint density at radius 2 is 2.12 bits per heavy atom. The van der Waals surface area contributed by atoms with Gasteiger partial charge in [0.1, 0.15) is 0 Å². The summed E-state index contributed by atoms with van der Waals surface area (Å²) < 4.78 is 20.8. The molecule has 0 bridgehead atoms. The molecule has 0 spiro atoms. The van der Waals surface area contributed by atoms with Gasteiger partial charge in [0.05, 0.1) is 0 Å². The van der Waals surface area contributed by atoms with Crippen LogP contribution in [0.3, 0.4) is 0 Å². The number of rotatable bonds is 2. The monoisotopic (exact) mass is 135 g/mol. The van der Waals surface area contributed by atoms with Gasteiger partial charge >= 0.3 is 0 Å². The molecule has 0 rings (SSSR count). The van der Waals surface area contributed by atoms with Crippen LogP contribution in [0.4, 0.5) is 0 Å². The van der Waals surface area contributed by atoms with E-state index in [2.05, 4.69) is 6.58 Å². The SMILES string of the molecule is C=CC(=O)N[SH](=O)=O. The predicted molar refractivity (Wildman–Crippen MR) is 28.7 cm³/mol. The molecule has 0 aliphatic carbocycles. The van der Waals surface area contributed by atoms with Crippen molar-refractivity contribution < 1.29 is 13.2 Å². The fraction of sp³-hybridized carbons (Fsp3) is 0. The van der Waals surface area contributed by atoms with Crippen LogP contribution in [0.5, 0.6) is 0 Å². The van der Waals surface area contributed by atoms with Crippen LogP contribution in [0.1, 0.15) is 0 Å². The van der Waals surface area contributed by atoms with Crippen LogP contribution < -0.4 is 4.72 Å². The van der Waals surface area contributed by atoms with Crippen LogP contribution in [0, 0.1) is 0 Å². The highest BCUT2D eigenvalue weighted by molar-refractivity contribution is 7.71. The van der Waals surface area contributed by atoms with Crippen LogP contribution >= 0.6 is 0 Å². The second-order valence-electron chi connectivity index (χ2n) is 0.937. The van der Waals surface area contributed by atoms with Crippen molar-refractivity contribution in [3.63, 3.8) is 0 Å². The van der Waals surface area contributed by atoms with Crippen LogP contribution in [0.25, 0.3) is 0 Å². The van der Waals surface area contributed by atoms with E-state index in [0.29, 0.717) is 0 Å². The molecule has 0 aliphatic rings. The third-order valence-corrected chi connectivity index (χ3v) is 0.790. The molecule has 8 heavy (non-hydrogen) atoms. The molecule has 1 amide bonds. The quantitative estimate of drug-likeness (QED) is 0.370. The van der Waals surface area contributed by atoms with Crippen molar-refractivity contribution in [2.45, 2.75) is 0 Å². The second-order valence-corrected chi connectivity index (χ2v) is 1.68. The van der Waals surface area contributed by atoms with Gasteiger partial charge in [-0.2, -0.15) is 0 Å². The minimum absolute atomic E-state index is 0.707. The van der Waals surface area contributed by atoms with E-state index in [9.17, 15) is 13.2 Å². The summed E-state index contributed by atoms with van der Waals surface area (Å²) >= 11 is 0. The largest absolute Gasteiger partial charge is 0.269 e. The maximum absolute atomic E-state index is 10.0. The molecule has 0 radical (unpaired) electrons. The van der Waals surface area contributed by atoms with Crippen molar-refractivity contribution in [3.05, 3.63) is 12.7 Å². The Labute approximate surface area is 48.3 Å². The summed E-state index contributed by atoms with van der Waals surface area (Å²) in [5, 5.41) is 0. The van der Waals surface area contributed by atoms with E-state index in [1.165, 1.54) is 0 Å². The van der Waals surface area contributed by atoms with Crippen LogP contribution in [-0.2, 0) is 15.7 Å². The summed E-state index contributed by atoms with van der Waals surface area (Å²) in [6, 6.07) is 0. The zero-order valence-electron chi connectivity index (χ0n) is 3.96. The molecule has 46 valence electrons. The highest BCUT2D eigenvalue weighted by atomic mass is 32.2. The molecule has 0 fully saturated rings. The topological polar surface area (TPSA) is 63.2 Å². The minimum Gasteiger partial charge on any atom is -0.269 e. The van der Waals surface area contributed by atoms with Crippen molar-refractivity contribution in [1.82, 2.24) is 4.72 Å². The van der Waals surface area contributed by atoms with Gasteiger partial charge in [0.15, 0.2) is 0 Å². The lowest BCUT2D eigenvalue weighted by molar-refractivity contribution is -0.114. The maximum atomic E-state index is 10.0. The number of nitrogens with one attached hydrogen (secondary N) is 1. The summed E-state index contributed by atoms with van der Waals surface area (Å²) in [5.74, 6) is -0.707. The summed E-state index contributed by atoms with van der Waals surface area (Å²) in [6.07, 6.45) is 0.880. The molecule has 0 saturated heterocycles. The van der Waals surface area contributed by atoms with Crippen LogP contribution in [-0.4, -0.2) is 14.3 Å². The molecule has 0 saturated carbocycles. The van der Waals surface area contributed by atoms with E-state index >= 15 is 0 Å². The third kappa shape index (κ3) is 3.35. The summed E-state index contributed by atoms with van der Waals surface area (Å²) in [5.41, 5.74) is 0. The Hall–Kier alpha value is -0.840. The Morgan fingerprint density at radius 1 is 1.62 bits per heavy atom. The van der Waals surface area contributed by atoms with Crippen molar-refractivity contribution in [2.75, 3.05) is 0 Å². The molecule has 5 heteroatoms. The van der Waals surface area contributed by atoms with Gasteiger partial charge in [-0.05, 0) is 6.08 Å².